The summed E-state index contributed by atoms with van der Waals surface area (Å²) < 4.78 is 5.28. The number of ether oxygens (including phenoxy) is 1. The molecule has 0 aliphatic rings. The molecule has 1 aromatic carbocycles. The van der Waals surface area contributed by atoms with Gasteiger partial charge in [0.15, 0.2) is 0 Å². The molecule has 2 heteroatoms. The van der Waals surface area contributed by atoms with Crippen molar-refractivity contribution in [2.75, 3.05) is 19.4 Å². The molecule has 0 aliphatic heterocycles. The molecule has 1 atom stereocenters. The van der Waals surface area contributed by atoms with Crippen LogP contribution in [-0.4, -0.2) is 19.4 Å². The van der Waals surface area contributed by atoms with Crippen LogP contribution in [0.5, 0.6) is 0 Å². The van der Waals surface area contributed by atoms with E-state index in [1.807, 2.05) is 13.0 Å². The van der Waals surface area contributed by atoms with Gasteiger partial charge < -0.3 is 4.74 Å². The molecule has 0 saturated heterocycles. The summed E-state index contributed by atoms with van der Waals surface area (Å²) in [5.41, 5.74) is 1.29. The van der Waals surface area contributed by atoms with E-state index in [0.717, 1.165) is 21.8 Å². The standard InChI is InChI=1S/C13H19OP/c1-2-14-10-6-11-15-12-9-13-7-4-3-5-8-13/h3-5,7-9,12,15H,2,6,10-11H2,1H3. The zero-order chi connectivity index (χ0) is 10.8. The molecule has 0 amide bonds. The number of hydrogen-bond donors (Lipinski definition) is 0. The van der Waals surface area contributed by atoms with Crippen molar-refractivity contribution in [3.63, 3.8) is 0 Å². The summed E-state index contributed by atoms with van der Waals surface area (Å²) >= 11 is 0. The van der Waals surface area contributed by atoms with Gasteiger partial charge in [-0.05, 0) is 25.1 Å². The average molecular weight is 222 g/mol. The van der Waals surface area contributed by atoms with Gasteiger partial charge in [0.25, 0.3) is 0 Å². The minimum Gasteiger partial charge on any atom is -0.382 e. The van der Waals surface area contributed by atoms with Crippen molar-refractivity contribution in [1.29, 1.82) is 0 Å². The van der Waals surface area contributed by atoms with Crippen molar-refractivity contribution in [3.05, 3.63) is 41.7 Å². The molecule has 0 fully saturated rings. The van der Waals surface area contributed by atoms with Gasteiger partial charge in [-0.3, -0.25) is 0 Å². The second kappa shape index (κ2) is 8.64. The fourth-order valence-corrected chi connectivity index (χ4v) is 2.05. The van der Waals surface area contributed by atoms with Crippen molar-refractivity contribution in [2.24, 2.45) is 0 Å². The molecule has 0 N–H and O–H groups in total. The zero-order valence-corrected chi connectivity index (χ0v) is 10.3. The molecule has 0 aliphatic carbocycles. The van der Waals surface area contributed by atoms with Crippen molar-refractivity contribution >= 4 is 14.7 Å². The van der Waals surface area contributed by atoms with Crippen LogP contribution in [0.15, 0.2) is 36.1 Å². The first-order valence-electron chi connectivity index (χ1n) is 5.46. The molecule has 0 radical (unpaired) electrons. The maximum absolute atomic E-state index is 5.28. The summed E-state index contributed by atoms with van der Waals surface area (Å²) in [5, 5.41) is 0. The van der Waals surface area contributed by atoms with Crippen molar-refractivity contribution in [3.8, 4) is 0 Å². The Balaban J connectivity index is 2.07. The fraction of sp³-hybridized carbons (Fsp3) is 0.385. The molecule has 1 rings (SSSR count). The van der Waals surface area contributed by atoms with Crippen LogP contribution >= 0.6 is 8.58 Å². The molecule has 1 nitrogen and oxygen atoms in total. The number of hydrogen-bond acceptors (Lipinski definition) is 1. The fourth-order valence-electron chi connectivity index (χ4n) is 1.22. The topological polar surface area (TPSA) is 9.23 Å². The molecule has 0 aromatic heterocycles. The van der Waals surface area contributed by atoms with Crippen molar-refractivity contribution < 1.29 is 4.74 Å². The predicted octanol–water partition coefficient (Wildman–Crippen LogP) is 3.76. The molecule has 1 aromatic rings. The first kappa shape index (κ1) is 12.4. The monoisotopic (exact) mass is 222 g/mol. The Morgan fingerprint density at radius 3 is 2.80 bits per heavy atom. The van der Waals surface area contributed by atoms with Crippen LogP contribution in [0.25, 0.3) is 6.08 Å². The van der Waals surface area contributed by atoms with Crippen LogP contribution in [0, 0.1) is 0 Å². The lowest BCUT2D eigenvalue weighted by molar-refractivity contribution is 0.149. The molecule has 0 spiro atoms. The van der Waals surface area contributed by atoms with E-state index in [9.17, 15) is 0 Å². The first-order chi connectivity index (χ1) is 7.43. The van der Waals surface area contributed by atoms with Gasteiger partial charge in [-0.1, -0.05) is 50.8 Å². The molecule has 0 bridgehead atoms. The summed E-state index contributed by atoms with van der Waals surface area (Å²) in [6, 6.07) is 10.4. The summed E-state index contributed by atoms with van der Waals surface area (Å²) in [6.45, 7) is 3.78. The van der Waals surface area contributed by atoms with Gasteiger partial charge in [-0.25, -0.2) is 0 Å². The SMILES string of the molecule is CCOCCCPC=Cc1ccccc1. The predicted molar refractivity (Wildman–Crippen MR) is 69.8 cm³/mol. The quantitative estimate of drug-likeness (QED) is 0.504. The molecule has 0 heterocycles. The minimum atomic E-state index is 0.836. The zero-order valence-electron chi connectivity index (χ0n) is 9.28. The average Bonchev–Trinajstić information content (AvgIpc) is 2.29. The lowest BCUT2D eigenvalue weighted by Crippen LogP contribution is -1.93. The van der Waals surface area contributed by atoms with Gasteiger partial charge in [0.05, 0.1) is 0 Å². The van der Waals surface area contributed by atoms with Crippen molar-refractivity contribution in [1.82, 2.24) is 0 Å². The van der Waals surface area contributed by atoms with Gasteiger partial charge in [0.2, 0.25) is 0 Å². The maximum Gasteiger partial charge on any atom is 0.0469 e. The Morgan fingerprint density at radius 2 is 2.07 bits per heavy atom. The Bertz CT molecular complexity index is 269. The largest absolute Gasteiger partial charge is 0.382 e. The minimum absolute atomic E-state index is 0.836. The number of rotatable bonds is 7. The molecule has 82 valence electrons. The van der Waals surface area contributed by atoms with E-state index in [0.29, 0.717) is 0 Å². The van der Waals surface area contributed by atoms with Gasteiger partial charge in [0.1, 0.15) is 0 Å². The van der Waals surface area contributed by atoms with E-state index in [4.69, 9.17) is 4.74 Å². The second-order valence-electron chi connectivity index (χ2n) is 3.25. The summed E-state index contributed by atoms with van der Waals surface area (Å²) in [7, 11) is 0.908. The van der Waals surface area contributed by atoms with E-state index in [-0.39, 0.29) is 0 Å². The molecule has 1 unspecified atom stereocenters. The molecule has 0 saturated carbocycles. The van der Waals surface area contributed by atoms with Crippen LogP contribution in [-0.2, 0) is 4.74 Å². The summed E-state index contributed by atoms with van der Waals surface area (Å²) in [4.78, 5) is 0. The van der Waals surface area contributed by atoms with E-state index in [1.165, 1.54) is 18.1 Å². The Morgan fingerprint density at radius 1 is 1.27 bits per heavy atom. The third-order valence-corrected chi connectivity index (χ3v) is 3.05. The normalized spacial score (nSPS) is 11.8. The smallest absolute Gasteiger partial charge is 0.0469 e. The van der Waals surface area contributed by atoms with Gasteiger partial charge >= 0.3 is 0 Å². The summed E-state index contributed by atoms with van der Waals surface area (Å²) in [6.07, 6.45) is 4.61. The Hall–Kier alpha value is -0.650. The van der Waals surface area contributed by atoms with Crippen LogP contribution in [0.3, 0.4) is 0 Å². The van der Waals surface area contributed by atoms with Crippen LogP contribution in [0.4, 0.5) is 0 Å². The highest BCUT2D eigenvalue weighted by Crippen LogP contribution is 2.15. The van der Waals surface area contributed by atoms with Gasteiger partial charge in [-0.15, -0.1) is 0 Å². The van der Waals surface area contributed by atoms with Gasteiger partial charge in [-0.2, -0.15) is 0 Å². The highest BCUT2D eigenvalue weighted by atomic mass is 31.1. The number of benzene rings is 1. The van der Waals surface area contributed by atoms with E-state index < -0.39 is 0 Å². The first-order valence-corrected chi connectivity index (χ1v) is 6.74. The Labute approximate surface area is 94.3 Å². The highest BCUT2D eigenvalue weighted by Gasteiger charge is 1.86. The van der Waals surface area contributed by atoms with Crippen molar-refractivity contribution in [2.45, 2.75) is 13.3 Å². The lowest BCUT2D eigenvalue weighted by atomic mass is 10.2. The molecule has 15 heavy (non-hydrogen) atoms. The Kier molecular flexibility index (Phi) is 7.16. The van der Waals surface area contributed by atoms with Gasteiger partial charge in [0, 0.05) is 13.2 Å². The van der Waals surface area contributed by atoms with E-state index in [1.54, 1.807) is 0 Å². The van der Waals surface area contributed by atoms with Crippen LogP contribution < -0.4 is 0 Å². The highest BCUT2D eigenvalue weighted by molar-refractivity contribution is 7.41. The van der Waals surface area contributed by atoms with E-state index >= 15 is 0 Å². The summed E-state index contributed by atoms with van der Waals surface area (Å²) in [5.74, 6) is 2.27. The third kappa shape index (κ3) is 6.43. The van der Waals surface area contributed by atoms with E-state index in [2.05, 4.69) is 36.2 Å². The third-order valence-electron chi connectivity index (χ3n) is 2.01. The molecular weight excluding hydrogens is 203 g/mol. The van der Waals surface area contributed by atoms with Crippen LogP contribution in [0.1, 0.15) is 18.9 Å². The maximum atomic E-state index is 5.28. The van der Waals surface area contributed by atoms with Crippen LogP contribution in [0.2, 0.25) is 0 Å². The lowest BCUT2D eigenvalue weighted by Gasteiger charge is -1.98. The second-order valence-corrected chi connectivity index (χ2v) is 4.49. The molecular formula is C13H19OP.